The lowest BCUT2D eigenvalue weighted by atomic mass is 9.75. The number of carbonyl (C=O) groups is 6. The summed E-state index contributed by atoms with van der Waals surface area (Å²) in [6.07, 6.45) is -6.98. The Labute approximate surface area is 553 Å². The number of hydrogen-bond donors (Lipinski definition) is 3. The number of ether oxygens (including phenoxy) is 3. The fourth-order valence-electron chi connectivity index (χ4n) is 12.2. The Balaban J connectivity index is 1.19. The molecule has 3 fully saturated rings. The molecule has 4 N–H and O–H groups in total. The zero-order chi connectivity index (χ0) is 70.9. The summed E-state index contributed by atoms with van der Waals surface area (Å²) < 4.78 is 166. The van der Waals surface area contributed by atoms with E-state index in [4.69, 9.17) is 10.5 Å². The van der Waals surface area contributed by atoms with Gasteiger partial charge in [-0.1, -0.05) is 74.6 Å². The van der Waals surface area contributed by atoms with Crippen molar-refractivity contribution in [3.8, 4) is 23.1 Å². The van der Waals surface area contributed by atoms with Crippen LogP contribution in [0.1, 0.15) is 107 Å². The van der Waals surface area contributed by atoms with Crippen molar-refractivity contribution >= 4 is 41.6 Å². The summed E-state index contributed by atoms with van der Waals surface area (Å²) in [5.41, 5.74) is 2.31. The van der Waals surface area contributed by atoms with Crippen molar-refractivity contribution < 1.29 is 86.9 Å². The van der Waals surface area contributed by atoms with Crippen molar-refractivity contribution in [2.24, 2.45) is 28.4 Å². The standard InChI is InChI=1S/C67H77F10N11O9/c1-64(2,66(72,73)74)49(31-56(90)95-6)59(92)83-86(36-48-50(68)28-43(29-51(48)69)53-24-25-87(82-53)61(70)71)37-55(97-57(91)38-84(5)60(93)52(78)27-40-12-9-8-10-13-40)44(30-54(89)58(81-63(94)96-7)65(3,4)67(75,76)77)26-41-19-16-39(17-20-41)18-21-42-32-79-62(80-33-42)85-34-46-22-23-47(35-85)88(46)45-14-11-15-45/h8-10,12-13,16-17,19-20,24-25,28-29,32-33,44-47,49,52,55,58,61H,11,14-15,22-23,26-27,30-31,34-38,78H2,1-7H3,(H,81,94)(H,83,92)/t44-,46?,47?,49-,52+,55+,58-/m1/s1. The Morgan fingerprint density at radius 3 is 1.89 bits per heavy atom. The number of nitrogens with one attached hydrogen (secondary N) is 2. The van der Waals surface area contributed by atoms with E-state index in [0.29, 0.717) is 85.6 Å². The molecule has 2 bridgehead atoms. The molecule has 3 aliphatic rings. The minimum Gasteiger partial charge on any atom is -0.469 e. The maximum absolute atomic E-state index is 16.6. The Morgan fingerprint density at radius 1 is 0.742 bits per heavy atom. The van der Waals surface area contributed by atoms with Crippen LogP contribution in [-0.4, -0.2) is 166 Å². The molecule has 0 spiro atoms. The highest BCUT2D eigenvalue weighted by Crippen LogP contribution is 2.46. The van der Waals surface area contributed by atoms with Crippen LogP contribution in [0.15, 0.2) is 91.4 Å². The Morgan fingerprint density at radius 2 is 1.34 bits per heavy atom. The molecule has 2 saturated heterocycles. The van der Waals surface area contributed by atoms with Gasteiger partial charge in [0.1, 0.15) is 30.3 Å². The number of methoxy groups -OCH3 is 2. The maximum Gasteiger partial charge on any atom is 0.407 e. The van der Waals surface area contributed by atoms with E-state index in [2.05, 4.69) is 51.6 Å². The number of alkyl carbamates (subject to hydrolysis) is 1. The summed E-state index contributed by atoms with van der Waals surface area (Å²) >= 11 is 0. The van der Waals surface area contributed by atoms with Gasteiger partial charge in [0.05, 0.1) is 61.2 Å². The molecule has 0 radical (unpaired) electrons. The molecule has 2 unspecified atom stereocenters. The number of nitrogens with two attached hydrogens (primary N) is 1. The Bertz CT molecular complexity index is 3620. The third-order valence-electron chi connectivity index (χ3n) is 18.4. The summed E-state index contributed by atoms with van der Waals surface area (Å²) in [5.74, 6) is -6.88. The molecule has 1 saturated carbocycles. The highest BCUT2D eigenvalue weighted by atomic mass is 19.4. The van der Waals surface area contributed by atoms with E-state index in [0.717, 1.165) is 57.3 Å². The van der Waals surface area contributed by atoms with Gasteiger partial charge in [0, 0.05) is 92.4 Å². The first kappa shape index (κ1) is 74.1. The number of nitrogens with zero attached hydrogens (tertiary/aromatic N) is 8. The van der Waals surface area contributed by atoms with Crippen LogP contribution in [-0.2, 0) is 57.6 Å². The molecular weight excluding hydrogens is 1290 g/mol. The SMILES string of the molecule is COC(=O)C[C@H](C(=O)NN(Cc1c(F)cc(-c2ccn(C(F)F)n2)cc1F)C[C@H](OC(=O)CN(C)C(=O)[C@@H](N)Cc1ccccc1)[C@@H](CC(=O)[C@@H](NC(=O)OC)C(C)(C)C(F)(F)F)Cc1ccc(C#Cc2cnc(N3CC4CCC(C3)N4C3CCC3)nc2)cc1)C(C)(C)C(F)(F)F. The number of fused-ring (bicyclic) bond motifs is 2. The van der Waals surface area contributed by atoms with E-state index in [1.165, 1.54) is 50.6 Å². The first-order valence-corrected chi connectivity index (χ1v) is 31.3. The number of benzene rings is 3. The number of ketones is 1. The minimum atomic E-state index is -5.25. The zero-order valence-electron chi connectivity index (χ0n) is 54.4. The zero-order valence-corrected chi connectivity index (χ0v) is 54.4. The number of esters is 2. The summed E-state index contributed by atoms with van der Waals surface area (Å²) in [6, 6.07) is 14.6. The van der Waals surface area contributed by atoms with Crippen LogP contribution in [0.4, 0.5) is 54.6 Å². The lowest BCUT2D eigenvalue weighted by Gasteiger charge is -2.48. The number of piperazine rings is 1. The summed E-state index contributed by atoms with van der Waals surface area (Å²) in [6.45, 7) is -2.49. The number of halogens is 10. The fourth-order valence-corrected chi connectivity index (χ4v) is 12.2. The number of alkyl halides is 8. The van der Waals surface area contributed by atoms with Crippen LogP contribution in [0, 0.1) is 46.1 Å². The summed E-state index contributed by atoms with van der Waals surface area (Å²) in [5, 5.41) is 6.15. The Hall–Kier alpha value is -8.69. The van der Waals surface area contributed by atoms with Gasteiger partial charge in [-0.25, -0.2) is 33.2 Å². The van der Waals surface area contributed by atoms with E-state index in [-0.39, 0.29) is 22.4 Å². The molecule has 524 valence electrons. The molecule has 7 atom stereocenters. The Kier molecular flexibility index (Phi) is 23.9. The topological polar surface area (TPSA) is 237 Å². The second-order valence-corrected chi connectivity index (χ2v) is 25.8. The predicted molar refractivity (Wildman–Crippen MR) is 332 cm³/mol. The van der Waals surface area contributed by atoms with Crippen molar-refractivity contribution in [1.82, 2.24) is 45.3 Å². The molecule has 97 heavy (non-hydrogen) atoms. The number of Topliss-reactive ketones (excluding diaryl/α,β-unsaturated/α-hetero) is 1. The van der Waals surface area contributed by atoms with E-state index in [9.17, 15) is 50.7 Å². The minimum absolute atomic E-state index is 0.0183. The van der Waals surface area contributed by atoms with Crippen LogP contribution in [0.3, 0.4) is 0 Å². The first-order chi connectivity index (χ1) is 45.7. The number of carbonyl (C=O) groups excluding carboxylic acids is 6. The number of amides is 3. The smallest absolute Gasteiger partial charge is 0.407 e. The van der Waals surface area contributed by atoms with Crippen molar-refractivity contribution in [2.45, 2.75) is 147 Å². The lowest BCUT2D eigenvalue weighted by Crippen LogP contribution is -2.59. The number of hydrogen-bond acceptors (Lipinski definition) is 16. The van der Waals surface area contributed by atoms with Gasteiger partial charge < -0.3 is 35.1 Å². The largest absolute Gasteiger partial charge is 0.469 e. The average Bonchev–Trinajstić information content (AvgIpc) is 1.77. The van der Waals surface area contributed by atoms with Gasteiger partial charge in [0.15, 0.2) is 5.78 Å². The second kappa shape index (κ2) is 31.2. The van der Waals surface area contributed by atoms with E-state index >= 15 is 22.0 Å². The molecule has 30 heteroatoms. The highest BCUT2D eigenvalue weighted by molar-refractivity contribution is 5.89. The van der Waals surface area contributed by atoms with Crippen LogP contribution < -0.4 is 21.4 Å². The van der Waals surface area contributed by atoms with Crippen LogP contribution in [0.25, 0.3) is 11.3 Å². The van der Waals surface area contributed by atoms with Crippen LogP contribution in [0.2, 0.25) is 0 Å². The van der Waals surface area contributed by atoms with Crippen molar-refractivity contribution in [1.29, 1.82) is 0 Å². The molecule has 3 aromatic carbocycles. The molecule has 2 aromatic heterocycles. The van der Waals surface area contributed by atoms with Gasteiger partial charge in [-0.3, -0.25) is 34.3 Å². The third kappa shape index (κ3) is 18.3. The third-order valence-corrected chi connectivity index (χ3v) is 18.4. The summed E-state index contributed by atoms with van der Waals surface area (Å²) in [4.78, 5) is 98.5. The summed E-state index contributed by atoms with van der Waals surface area (Å²) in [7, 11) is 2.82. The molecule has 3 amide bonds. The number of likely N-dealkylation sites (N-methyl/N-ethyl adjacent to an activating group) is 1. The fraction of sp³-hybridized carbons (Fsp3) is 0.507. The van der Waals surface area contributed by atoms with E-state index < -0.39 is 157 Å². The van der Waals surface area contributed by atoms with Crippen LogP contribution in [0.5, 0.6) is 0 Å². The quantitative estimate of drug-likeness (QED) is 0.0146. The van der Waals surface area contributed by atoms with Crippen molar-refractivity contribution in [2.75, 3.05) is 52.3 Å². The van der Waals surface area contributed by atoms with Gasteiger partial charge in [-0.15, -0.1) is 0 Å². The number of hydrazine groups is 1. The molecular formula is C67H77F10N11O9. The molecule has 5 aromatic rings. The highest BCUT2D eigenvalue weighted by Gasteiger charge is 2.57. The molecule has 8 rings (SSSR count). The number of anilines is 1. The predicted octanol–water partition coefficient (Wildman–Crippen LogP) is 9.29. The first-order valence-electron chi connectivity index (χ1n) is 31.3. The molecule has 1 aliphatic carbocycles. The number of aromatic nitrogens is 4. The normalized spacial score (nSPS) is 17.6. The van der Waals surface area contributed by atoms with Crippen LogP contribution >= 0.6 is 0 Å². The molecule has 4 heterocycles. The van der Waals surface area contributed by atoms with Gasteiger partial charge >= 0.3 is 36.9 Å². The monoisotopic (exact) mass is 1370 g/mol. The van der Waals surface area contributed by atoms with E-state index in [1.807, 2.05) is 5.32 Å². The number of rotatable bonds is 27. The maximum atomic E-state index is 16.6. The lowest BCUT2D eigenvalue weighted by molar-refractivity contribution is -0.231. The second-order valence-electron chi connectivity index (χ2n) is 25.8. The van der Waals surface area contributed by atoms with Gasteiger partial charge in [-0.05, 0) is 93.8 Å². The van der Waals surface area contributed by atoms with E-state index in [1.54, 1.807) is 42.7 Å². The molecule has 2 aliphatic heterocycles. The van der Waals surface area contributed by atoms with Gasteiger partial charge in [0.2, 0.25) is 17.8 Å². The van der Waals surface area contributed by atoms with Gasteiger partial charge in [0.25, 0.3) is 0 Å². The van der Waals surface area contributed by atoms with Crippen molar-refractivity contribution in [3.63, 3.8) is 0 Å². The van der Waals surface area contributed by atoms with Gasteiger partial charge in [-0.2, -0.15) is 40.2 Å². The molecule has 20 nitrogen and oxygen atoms in total. The van der Waals surface area contributed by atoms with Crippen molar-refractivity contribution in [3.05, 3.63) is 131 Å². The average molecular weight is 1370 g/mol.